The number of nitrogens with zero attached hydrogens (tertiary/aromatic N) is 3. The molecule has 0 aliphatic heterocycles. The number of nitrogens with one attached hydrogen (secondary N) is 1. The number of aryl methyl sites for hydroxylation is 2. The Morgan fingerprint density at radius 3 is 2.95 bits per heavy atom. The van der Waals surface area contributed by atoms with Crippen molar-refractivity contribution in [3.63, 3.8) is 0 Å². The smallest absolute Gasteiger partial charge is 0.277 e. The van der Waals surface area contributed by atoms with E-state index in [1.54, 1.807) is 23.6 Å². The maximum atomic E-state index is 12.0. The molecule has 0 atom stereocenters. The lowest BCUT2D eigenvalue weighted by atomic mass is 10.3. The molecule has 0 aliphatic carbocycles. The molecule has 6 heteroatoms. The van der Waals surface area contributed by atoms with Crippen LogP contribution in [0.2, 0.25) is 0 Å². The summed E-state index contributed by atoms with van der Waals surface area (Å²) in [5.41, 5.74) is 2.17. The maximum absolute atomic E-state index is 12.0. The fourth-order valence-corrected chi connectivity index (χ4v) is 1.80. The van der Waals surface area contributed by atoms with E-state index >= 15 is 0 Å². The van der Waals surface area contributed by atoms with Crippen molar-refractivity contribution in [3.8, 4) is 0 Å². The van der Waals surface area contributed by atoms with Gasteiger partial charge in [-0.25, -0.2) is 4.98 Å². The second kappa shape index (κ2) is 4.24. The highest BCUT2D eigenvalue weighted by atomic mass is 16.5. The first-order valence-electron chi connectivity index (χ1n) is 5.82. The molecule has 3 rings (SSSR count). The van der Waals surface area contributed by atoms with Crippen molar-refractivity contribution in [2.24, 2.45) is 0 Å². The molecule has 1 amide bonds. The van der Waals surface area contributed by atoms with E-state index in [0.717, 1.165) is 11.2 Å². The summed E-state index contributed by atoms with van der Waals surface area (Å²) in [6.07, 6.45) is 3.55. The molecule has 0 aromatic carbocycles. The van der Waals surface area contributed by atoms with Gasteiger partial charge in [0.25, 0.3) is 5.91 Å². The lowest BCUT2D eigenvalue weighted by Crippen LogP contribution is -2.12. The van der Waals surface area contributed by atoms with Crippen molar-refractivity contribution in [3.05, 3.63) is 47.6 Å². The van der Waals surface area contributed by atoms with E-state index in [1.165, 1.54) is 0 Å². The predicted octanol–water partition coefficient (Wildman–Crippen LogP) is 2.19. The Bertz CT molecular complexity index is 757. The lowest BCUT2D eigenvalue weighted by molar-refractivity contribution is 0.102. The van der Waals surface area contributed by atoms with Crippen LogP contribution in [0.1, 0.15) is 21.8 Å². The summed E-state index contributed by atoms with van der Waals surface area (Å²) in [7, 11) is 0. The van der Waals surface area contributed by atoms with Crippen LogP contribution in [0, 0.1) is 13.8 Å². The van der Waals surface area contributed by atoms with Crippen molar-refractivity contribution in [1.82, 2.24) is 14.5 Å². The number of aromatic nitrogens is 3. The quantitative estimate of drug-likeness (QED) is 0.762. The summed E-state index contributed by atoms with van der Waals surface area (Å²) >= 11 is 0. The largest absolute Gasteiger partial charge is 0.360 e. The Labute approximate surface area is 109 Å². The number of pyridine rings is 1. The number of carbonyl (C=O) groups excluding carboxylic acids is 1. The Hall–Kier alpha value is -2.63. The molecule has 0 saturated heterocycles. The minimum absolute atomic E-state index is 0.311. The van der Waals surface area contributed by atoms with Gasteiger partial charge in [-0.15, -0.1) is 0 Å². The number of amides is 1. The Balaban J connectivity index is 1.89. The maximum Gasteiger partial charge on any atom is 0.277 e. The molecule has 96 valence electrons. The van der Waals surface area contributed by atoms with Crippen LogP contribution in [0.3, 0.4) is 0 Å². The molecule has 0 spiro atoms. The van der Waals surface area contributed by atoms with Crippen LogP contribution < -0.4 is 5.32 Å². The summed E-state index contributed by atoms with van der Waals surface area (Å²) in [4.78, 5) is 16.3. The van der Waals surface area contributed by atoms with E-state index in [-0.39, 0.29) is 5.91 Å². The van der Waals surface area contributed by atoms with E-state index < -0.39 is 0 Å². The summed E-state index contributed by atoms with van der Waals surface area (Å²) in [6.45, 7) is 3.74. The summed E-state index contributed by atoms with van der Waals surface area (Å²) in [5.74, 6) is 0.714. The van der Waals surface area contributed by atoms with Gasteiger partial charge in [0.05, 0.1) is 0 Å². The fraction of sp³-hybridized carbons (Fsp3) is 0.154. The van der Waals surface area contributed by atoms with Crippen LogP contribution in [-0.2, 0) is 0 Å². The summed E-state index contributed by atoms with van der Waals surface area (Å²) < 4.78 is 6.69. The summed E-state index contributed by atoms with van der Waals surface area (Å²) in [6, 6.07) is 5.52. The van der Waals surface area contributed by atoms with Crippen LogP contribution in [0.5, 0.6) is 0 Å². The van der Waals surface area contributed by atoms with Gasteiger partial charge in [-0.05, 0) is 31.5 Å². The van der Waals surface area contributed by atoms with Gasteiger partial charge in [-0.1, -0.05) is 5.16 Å². The molecule has 6 nitrogen and oxygen atoms in total. The van der Waals surface area contributed by atoms with Crippen LogP contribution in [0.25, 0.3) is 5.65 Å². The minimum Gasteiger partial charge on any atom is -0.360 e. The Kier molecular flexibility index (Phi) is 2.56. The number of rotatable bonds is 2. The molecular weight excluding hydrogens is 244 g/mol. The molecule has 3 aromatic heterocycles. The molecule has 3 aromatic rings. The van der Waals surface area contributed by atoms with Crippen molar-refractivity contribution in [2.75, 3.05) is 5.32 Å². The van der Waals surface area contributed by atoms with Gasteiger partial charge < -0.3 is 14.2 Å². The molecule has 0 aliphatic rings. The Morgan fingerprint density at radius 1 is 1.37 bits per heavy atom. The molecule has 19 heavy (non-hydrogen) atoms. The number of fused-ring (bicyclic) bond motifs is 1. The normalized spacial score (nSPS) is 10.8. The third kappa shape index (κ3) is 2.20. The second-order valence-corrected chi connectivity index (χ2v) is 4.37. The minimum atomic E-state index is -0.311. The molecule has 0 fully saturated rings. The van der Waals surface area contributed by atoms with Gasteiger partial charge in [0.15, 0.2) is 5.82 Å². The number of carbonyl (C=O) groups is 1. The predicted molar refractivity (Wildman–Crippen MR) is 69.1 cm³/mol. The van der Waals surface area contributed by atoms with Crippen LogP contribution in [0.15, 0.2) is 35.1 Å². The van der Waals surface area contributed by atoms with Crippen molar-refractivity contribution >= 4 is 17.4 Å². The zero-order valence-corrected chi connectivity index (χ0v) is 10.5. The third-order valence-corrected chi connectivity index (χ3v) is 2.72. The first-order chi connectivity index (χ1) is 9.11. The average Bonchev–Trinajstić information content (AvgIpc) is 2.95. The topological polar surface area (TPSA) is 72.4 Å². The average molecular weight is 256 g/mol. The van der Waals surface area contributed by atoms with E-state index in [2.05, 4.69) is 15.5 Å². The van der Waals surface area contributed by atoms with Crippen LogP contribution in [0.4, 0.5) is 5.82 Å². The number of imidazole rings is 1. The molecular formula is C13H12N4O2. The molecule has 0 radical (unpaired) electrons. The van der Waals surface area contributed by atoms with E-state index in [0.29, 0.717) is 17.3 Å². The van der Waals surface area contributed by atoms with Gasteiger partial charge in [-0.3, -0.25) is 4.79 Å². The van der Waals surface area contributed by atoms with E-state index in [4.69, 9.17) is 4.52 Å². The highest BCUT2D eigenvalue weighted by Crippen LogP contribution is 2.11. The molecule has 0 bridgehead atoms. The molecule has 1 N–H and O–H groups in total. The SMILES string of the molecule is Cc1ccn2cc(C(=O)Nc3cc(C)on3)nc2c1. The Morgan fingerprint density at radius 2 is 2.21 bits per heavy atom. The monoisotopic (exact) mass is 256 g/mol. The van der Waals surface area contributed by atoms with E-state index in [9.17, 15) is 4.79 Å². The van der Waals surface area contributed by atoms with Crippen LogP contribution >= 0.6 is 0 Å². The highest BCUT2D eigenvalue weighted by Gasteiger charge is 2.12. The lowest BCUT2D eigenvalue weighted by Gasteiger charge is -1.95. The van der Waals surface area contributed by atoms with Gasteiger partial charge >= 0.3 is 0 Å². The standard InChI is InChI=1S/C13H12N4O2/c1-8-3-4-17-7-10(14-12(17)5-8)13(18)15-11-6-9(2)19-16-11/h3-7H,1-2H3,(H,15,16,18). The second-order valence-electron chi connectivity index (χ2n) is 4.37. The molecule has 3 heterocycles. The van der Waals surface area contributed by atoms with Gasteiger partial charge in [0.2, 0.25) is 0 Å². The van der Waals surface area contributed by atoms with Crippen molar-refractivity contribution in [1.29, 1.82) is 0 Å². The number of anilines is 1. The van der Waals surface area contributed by atoms with E-state index in [1.807, 2.05) is 25.3 Å². The molecule has 0 saturated carbocycles. The van der Waals surface area contributed by atoms with Gasteiger partial charge in [-0.2, -0.15) is 0 Å². The van der Waals surface area contributed by atoms with Crippen molar-refractivity contribution < 1.29 is 9.32 Å². The fourth-order valence-electron chi connectivity index (χ4n) is 1.80. The first-order valence-corrected chi connectivity index (χ1v) is 5.82. The zero-order chi connectivity index (χ0) is 13.4. The van der Waals surface area contributed by atoms with Crippen LogP contribution in [-0.4, -0.2) is 20.4 Å². The molecule has 0 unspecified atom stereocenters. The number of hydrogen-bond acceptors (Lipinski definition) is 4. The van der Waals surface area contributed by atoms with Gasteiger partial charge in [0.1, 0.15) is 17.1 Å². The first kappa shape index (κ1) is 11.5. The van der Waals surface area contributed by atoms with Gasteiger partial charge in [0, 0.05) is 18.5 Å². The third-order valence-electron chi connectivity index (χ3n) is 2.72. The number of hydrogen-bond donors (Lipinski definition) is 1. The highest BCUT2D eigenvalue weighted by molar-refractivity contribution is 6.02. The zero-order valence-electron chi connectivity index (χ0n) is 10.5. The summed E-state index contributed by atoms with van der Waals surface area (Å²) in [5, 5.41) is 6.34. The van der Waals surface area contributed by atoms with Crippen molar-refractivity contribution in [2.45, 2.75) is 13.8 Å².